The van der Waals surface area contributed by atoms with E-state index in [1.165, 1.54) is 24.6 Å². The van der Waals surface area contributed by atoms with Gasteiger partial charge < -0.3 is 10.6 Å². The Morgan fingerprint density at radius 2 is 1.65 bits per heavy atom. The predicted molar refractivity (Wildman–Crippen MR) is 100 cm³/mol. The molecule has 1 aliphatic rings. The highest BCUT2D eigenvalue weighted by molar-refractivity contribution is 6.31. The van der Waals surface area contributed by atoms with Crippen LogP contribution in [0.25, 0.3) is 0 Å². The van der Waals surface area contributed by atoms with Crippen molar-refractivity contribution in [1.82, 2.24) is 5.32 Å². The molecule has 136 valence electrons. The average Bonchev–Trinajstić information content (AvgIpc) is 2.65. The van der Waals surface area contributed by atoms with Crippen molar-refractivity contribution in [2.75, 3.05) is 5.32 Å². The number of amides is 2. The van der Waals surface area contributed by atoms with E-state index in [-0.39, 0.29) is 22.9 Å². The van der Waals surface area contributed by atoms with Crippen LogP contribution >= 0.6 is 11.6 Å². The summed E-state index contributed by atoms with van der Waals surface area (Å²) in [5.41, 5.74) is 1.18. The Bertz CT molecular complexity index is 819. The van der Waals surface area contributed by atoms with Gasteiger partial charge in [-0.25, -0.2) is 4.39 Å². The molecule has 2 N–H and O–H groups in total. The molecular weight excluding hydrogens is 355 g/mol. The Morgan fingerprint density at radius 1 is 0.962 bits per heavy atom. The summed E-state index contributed by atoms with van der Waals surface area (Å²) in [4.78, 5) is 24.8. The largest absolute Gasteiger partial charge is 0.349 e. The van der Waals surface area contributed by atoms with Gasteiger partial charge in [0.15, 0.2) is 0 Å². The molecule has 26 heavy (non-hydrogen) atoms. The fourth-order valence-corrected chi connectivity index (χ4v) is 3.28. The van der Waals surface area contributed by atoms with Crippen molar-refractivity contribution in [2.24, 2.45) is 0 Å². The molecule has 6 heteroatoms. The minimum absolute atomic E-state index is 0.0663. The number of nitrogens with one attached hydrogen (secondary N) is 2. The lowest BCUT2D eigenvalue weighted by Gasteiger charge is -2.22. The van der Waals surface area contributed by atoms with Crippen LogP contribution in [0, 0.1) is 5.82 Å². The van der Waals surface area contributed by atoms with Crippen molar-refractivity contribution < 1.29 is 14.0 Å². The Balaban J connectivity index is 1.68. The summed E-state index contributed by atoms with van der Waals surface area (Å²) in [6.07, 6.45) is 5.48. The van der Waals surface area contributed by atoms with E-state index in [4.69, 9.17) is 11.6 Å². The highest BCUT2D eigenvalue weighted by atomic mass is 35.5. The Labute approximate surface area is 156 Å². The molecule has 0 spiro atoms. The summed E-state index contributed by atoms with van der Waals surface area (Å²) in [5.74, 6) is -1.11. The molecule has 0 aliphatic heterocycles. The summed E-state index contributed by atoms with van der Waals surface area (Å²) in [7, 11) is 0. The van der Waals surface area contributed by atoms with Gasteiger partial charge in [0.05, 0.1) is 5.02 Å². The number of benzene rings is 2. The average molecular weight is 375 g/mol. The van der Waals surface area contributed by atoms with E-state index in [1.54, 1.807) is 24.3 Å². The van der Waals surface area contributed by atoms with Gasteiger partial charge in [-0.1, -0.05) is 36.9 Å². The van der Waals surface area contributed by atoms with Gasteiger partial charge in [0.25, 0.3) is 11.8 Å². The summed E-state index contributed by atoms with van der Waals surface area (Å²) in [6, 6.07) is 10.7. The predicted octanol–water partition coefficient (Wildman–Crippen LogP) is 4.79. The Morgan fingerprint density at radius 3 is 2.35 bits per heavy atom. The number of hydrogen-bond donors (Lipinski definition) is 2. The molecule has 1 saturated carbocycles. The van der Waals surface area contributed by atoms with Crippen LogP contribution in [0.2, 0.25) is 5.02 Å². The third-order valence-corrected chi connectivity index (χ3v) is 4.79. The number of carbonyl (C=O) groups is 2. The number of carbonyl (C=O) groups excluding carboxylic acids is 2. The second kappa shape index (κ2) is 8.32. The highest BCUT2D eigenvalue weighted by Crippen LogP contribution is 2.20. The van der Waals surface area contributed by atoms with Crippen LogP contribution in [0.1, 0.15) is 52.8 Å². The molecule has 2 aromatic rings. The lowest BCUT2D eigenvalue weighted by molar-refractivity contribution is 0.0927. The van der Waals surface area contributed by atoms with Gasteiger partial charge in [0, 0.05) is 22.9 Å². The molecule has 0 bridgehead atoms. The van der Waals surface area contributed by atoms with Crippen LogP contribution < -0.4 is 10.6 Å². The molecule has 1 fully saturated rings. The molecule has 0 radical (unpaired) electrons. The first kappa shape index (κ1) is 18.4. The van der Waals surface area contributed by atoms with Crippen molar-refractivity contribution in [2.45, 2.75) is 38.1 Å². The first-order valence-corrected chi connectivity index (χ1v) is 9.08. The summed E-state index contributed by atoms with van der Waals surface area (Å²) in [6.45, 7) is 0. The SMILES string of the molecule is O=C(Nc1ccc(F)c(Cl)c1)c1cccc(C(=O)NC2CCCCC2)c1. The molecule has 0 saturated heterocycles. The minimum Gasteiger partial charge on any atom is -0.349 e. The second-order valence-electron chi connectivity index (χ2n) is 6.47. The maximum Gasteiger partial charge on any atom is 0.255 e. The molecule has 2 amide bonds. The maximum atomic E-state index is 13.2. The summed E-state index contributed by atoms with van der Waals surface area (Å²) in [5, 5.41) is 5.62. The lowest BCUT2D eigenvalue weighted by atomic mass is 9.95. The van der Waals surface area contributed by atoms with Gasteiger partial charge in [-0.05, 0) is 49.2 Å². The molecule has 0 aromatic heterocycles. The third kappa shape index (κ3) is 4.61. The van der Waals surface area contributed by atoms with Crippen molar-refractivity contribution in [3.63, 3.8) is 0 Å². The van der Waals surface area contributed by atoms with E-state index in [1.807, 2.05) is 0 Å². The second-order valence-corrected chi connectivity index (χ2v) is 6.88. The highest BCUT2D eigenvalue weighted by Gasteiger charge is 2.17. The number of rotatable bonds is 4. The minimum atomic E-state index is -0.550. The van der Waals surface area contributed by atoms with Gasteiger partial charge in [-0.3, -0.25) is 9.59 Å². The molecule has 0 unspecified atom stereocenters. The lowest BCUT2D eigenvalue weighted by Crippen LogP contribution is -2.36. The molecule has 0 heterocycles. The number of anilines is 1. The normalized spacial score (nSPS) is 14.7. The fourth-order valence-electron chi connectivity index (χ4n) is 3.09. The van der Waals surface area contributed by atoms with Crippen LogP contribution in [-0.4, -0.2) is 17.9 Å². The standard InChI is InChI=1S/C20H20ClFN2O2/c21-17-12-16(9-10-18(17)22)24-20(26)14-6-4-5-13(11-14)19(25)23-15-7-2-1-3-8-15/h4-6,9-12,15H,1-3,7-8H2,(H,23,25)(H,24,26). The van der Waals surface area contributed by atoms with E-state index in [2.05, 4.69) is 10.6 Å². The van der Waals surface area contributed by atoms with Crippen LogP contribution in [0.4, 0.5) is 10.1 Å². The van der Waals surface area contributed by atoms with Crippen molar-refractivity contribution in [1.29, 1.82) is 0 Å². The van der Waals surface area contributed by atoms with Gasteiger partial charge in [0.1, 0.15) is 5.82 Å². The van der Waals surface area contributed by atoms with Crippen molar-refractivity contribution >= 4 is 29.1 Å². The Hall–Kier alpha value is -2.40. The van der Waals surface area contributed by atoms with E-state index in [9.17, 15) is 14.0 Å². The van der Waals surface area contributed by atoms with Gasteiger partial charge in [0.2, 0.25) is 0 Å². The number of halogens is 2. The van der Waals surface area contributed by atoms with E-state index >= 15 is 0 Å². The molecule has 0 atom stereocenters. The van der Waals surface area contributed by atoms with E-state index in [0.717, 1.165) is 25.7 Å². The van der Waals surface area contributed by atoms with Crippen molar-refractivity contribution in [3.8, 4) is 0 Å². The van der Waals surface area contributed by atoms with Crippen LogP contribution in [0.15, 0.2) is 42.5 Å². The van der Waals surface area contributed by atoms with E-state index in [0.29, 0.717) is 16.8 Å². The summed E-state index contributed by atoms with van der Waals surface area (Å²) >= 11 is 5.72. The molecule has 4 nitrogen and oxygen atoms in total. The van der Waals surface area contributed by atoms with Crippen LogP contribution in [0.5, 0.6) is 0 Å². The van der Waals surface area contributed by atoms with Crippen LogP contribution in [0.3, 0.4) is 0 Å². The van der Waals surface area contributed by atoms with Gasteiger partial charge in [-0.15, -0.1) is 0 Å². The van der Waals surface area contributed by atoms with Crippen LogP contribution in [-0.2, 0) is 0 Å². The zero-order chi connectivity index (χ0) is 18.5. The fraction of sp³-hybridized carbons (Fsp3) is 0.300. The maximum absolute atomic E-state index is 13.2. The number of hydrogen-bond acceptors (Lipinski definition) is 2. The Kier molecular flexibility index (Phi) is 5.89. The topological polar surface area (TPSA) is 58.2 Å². The quantitative estimate of drug-likeness (QED) is 0.808. The molecular formula is C20H20ClFN2O2. The molecule has 2 aromatic carbocycles. The van der Waals surface area contributed by atoms with Crippen molar-refractivity contribution in [3.05, 3.63) is 64.4 Å². The third-order valence-electron chi connectivity index (χ3n) is 4.50. The summed E-state index contributed by atoms with van der Waals surface area (Å²) < 4.78 is 13.2. The zero-order valence-corrected chi connectivity index (χ0v) is 15.0. The van der Waals surface area contributed by atoms with Gasteiger partial charge >= 0.3 is 0 Å². The monoisotopic (exact) mass is 374 g/mol. The van der Waals surface area contributed by atoms with E-state index < -0.39 is 5.82 Å². The first-order valence-electron chi connectivity index (χ1n) is 8.70. The molecule has 1 aliphatic carbocycles. The first-order chi connectivity index (χ1) is 12.5. The van der Waals surface area contributed by atoms with Gasteiger partial charge in [-0.2, -0.15) is 0 Å². The zero-order valence-electron chi connectivity index (χ0n) is 14.2. The molecule has 3 rings (SSSR count). The smallest absolute Gasteiger partial charge is 0.255 e.